The summed E-state index contributed by atoms with van der Waals surface area (Å²) in [4.78, 5) is 39.6. The molecule has 9 heteroatoms. The molecule has 0 aliphatic heterocycles. The highest BCUT2D eigenvalue weighted by Gasteiger charge is 2.30. The molecule has 156 valence electrons. The van der Waals surface area contributed by atoms with Gasteiger partial charge in [0.1, 0.15) is 5.65 Å². The fourth-order valence-electron chi connectivity index (χ4n) is 3.46. The highest BCUT2D eigenvalue weighted by atomic mass is 31.2. The Morgan fingerprint density at radius 3 is 2.52 bits per heavy atom. The average Bonchev–Trinajstić information content (AvgIpc) is 3.53. The number of nitrogens with one attached hydrogen (secondary N) is 1. The summed E-state index contributed by atoms with van der Waals surface area (Å²) < 4.78 is 13.5. The quantitative estimate of drug-likeness (QED) is 0.415. The van der Waals surface area contributed by atoms with Gasteiger partial charge in [-0.15, -0.1) is 0 Å². The van der Waals surface area contributed by atoms with Gasteiger partial charge in [-0.05, 0) is 48.7 Å². The summed E-state index contributed by atoms with van der Waals surface area (Å²) in [6.45, 7) is 0. The van der Waals surface area contributed by atoms with Crippen LogP contribution in [0.2, 0.25) is 0 Å². The van der Waals surface area contributed by atoms with Crippen molar-refractivity contribution in [2.45, 2.75) is 12.8 Å². The van der Waals surface area contributed by atoms with Crippen molar-refractivity contribution in [2.24, 2.45) is 5.92 Å². The van der Waals surface area contributed by atoms with Crippen LogP contribution in [0.15, 0.2) is 66.9 Å². The van der Waals surface area contributed by atoms with Crippen molar-refractivity contribution in [3.05, 3.63) is 66.9 Å². The van der Waals surface area contributed by atoms with Crippen LogP contribution in [-0.2, 0) is 9.36 Å². The molecular weight excluding hydrogens is 415 g/mol. The topological polar surface area (TPSA) is 117 Å². The molecule has 1 aromatic carbocycles. The zero-order valence-electron chi connectivity index (χ0n) is 16.3. The second-order valence-electron chi connectivity index (χ2n) is 7.53. The van der Waals surface area contributed by atoms with E-state index in [1.165, 1.54) is 6.07 Å². The summed E-state index contributed by atoms with van der Waals surface area (Å²) in [6.07, 6.45) is 3.65. The predicted octanol–water partition coefficient (Wildman–Crippen LogP) is 3.21. The normalized spacial score (nSPS) is 14.0. The summed E-state index contributed by atoms with van der Waals surface area (Å²) in [5.41, 5.74) is 3.39. The monoisotopic (exact) mass is 434 g/mol. The Bertz CT molecular complexity index is 1360. The van der Waals surface area contributed by atoms with E-state index in [1.807, 2.05) is 46.9 Å². The van der Waals surface area contributed by atoms with Gasteiger partial charge in [0.05, 0.1) is 17.6 Å². The van der Waals surface area contributed by atoms with Gasteiger partial charge in [-0.2, -0.15) is 0 Å². The van der Waals surface area contributed by atoms with Gasteiger partial charge in [0.25, 0.3) is 0 Å². The Labute approximate surface area is 177 Å². The Morgan fingerprint density at radius 1 is 1.00 bits per heavy atom. The van der Waals surface area contributed by atoms with Crippen molar-refractivity contribution in [1.82, 2.24) is 14.4 Å². The fraction of sp³-hybridized carbons (Fsp3) is 0.136. The lowest BCUT2D eigenvalue weighted by molar-refractivity contribution is -0.117. The van der Waals surface area contributed by atoms with Crippen LogP contribution in [0.25, 0.3) is 28.2 Å². The molecule has 1 aliphatic carbocycles. The minimum atomic E-state index is -4.44. The highest BCUT2D eigenvalue weighted by molar-refractivity contribution is 7.60. The van der Waals surface area contributed by atoms with Crippen LogP contribution in [0.4, 0.5) is 5.82 Å². The van der Waals surface area contributed by atoms with E-state index in [1.54, 1.807) is 18.3 Å². The maximum absolute atomic E-state index is 12.1. The number of anilines is 1. The molecule has 0 radical (unpaired) electrons. The van der Waals surface area contributed by atoms with Crippen molar-refractivity contribution in [3.63, 3.8) is 0 Å². The van der Waals surface area contributed by atoms with Crippen molar-refractivity contribution < 1.29 is 19.1 Å². The molecule has 0 bridgehead atoms. The Kier molecular flexibility index (Phi) is 4.70. The number of imidazole rings is 1. The van der Waals surface area contributed by atoms with E-state index in [0.29, 0.717) is 17.2 Å². The smallest absolute Gasteiger partial charge is 0.320 e. The van der Waals surface area contributed by atoms with Gasteiger partial charge >= 0.3 is 7.60 Å². The summed E-state index contributed by atoms with van der Waals surface area (Å²) in [7, 11) is -4.44. The molecule has 3 heterocycles. The van der Waals surface area contributed by atoms with Crippen molar-refractivity contribution >= 4 is 30.4 Å². The zero-order chi connectivity index (χ0) is 21.6. The highest BCUT2D eigenvalue weighted by Crippen LogP contribution is 2.33. The number of amides is 1. The first kappa shape index (κ1) is 19.6. The van der Waals surface area contributed by atoms with Gasteiger partial charge in [0.2, 0.25) is 5.91 Å². The van der Waals surface area contributed by atoms with Crippen LogP contribution in [0.1, 0.15) is 12.8 Å². The van der Waals surface area contributed by atoms with Gasteiger partial charge in [-0.3, -0.25) is 13.8 Å². The van der Waals surface area contributed by atoms with Crippen LogP contribution in [0.5, 0.6) is 0 Å². The lowest BCUT2D eigenvalue weighted by atomic mass is 10.0. The van der Waals surface area contributed by atoms with Gasteiger partial charge in [0, 0.05) is 11.5 Å². The van der Waals surface area contributed by atoms with Crippen LogP contribution in [0, 0.1) is 5.92 Å². The van der Waals surface area contributed by atoms with E-state index in [2.05, 4.69) is 15.3 Å². The largest absolute Gasteiger partial charge is 0.374 e. The molecule has 1 amide bonds. The summed E-state index contributed by atoms with van der Waals surface area (Å²) in [6, 6.07) is 17.9. The first-order valence-corrected chi connectivity index (χ1v) is 11.4. The molecule has 0 atom stereocenters. The lowest BCUT2D eigenvalue weighted by Crippen LogP contribution is -2.13. The molecule has 1 saturated carbocycles. The van der Waals surface area contributed by atoms with Crippen LogP contribution in [0.3, 0.4) is 0 Å². The third-order valence-electron chi connectivity index (χ3n) is 5.18. The van der Waals surface area contributed by atoms with Gasteiger partial charge < -0.3 is 15.1 Å². The summed E-state index contributed by atoms with van der Waals surface area (Å²) in [5.74, 6) is 0.608. The van der Waals surface area contributed by atoms with Crippen LogP contribution in [-0.4, -0.2) is 30.1 Å². The molecule has 0 spiro atoms. The summed E-state index contributed by atoms with van der Waals surface area (Å²) in [5, 5.41) is 2.87. The Morgan fingerprint density at radius 2 is 1.74 bits per heavy atom. The second-order valence-corrected chi connectivity index (χ2v) is 9.08. The number of aromatic nitrogens is 3. The van der Waals surface area contributed by atoms with Crippen LogP contribution < -0.4 is 10.8 Å². The summed E-state index contributed by atoms with van der Waals surface area (Å²) >= 11 is 0. The van der Waals surface area contributed by atoms with E-state index >= 15 is 0 Å². The molecule has 1 fully saturated rings. The predicted molar refractivity (Wildman–Crippen MR) is 117 cm³/mol. The SMILES string of the molecule is O=C(Nc1cn2c(-c3cccc(-c4cccc(P(=O)(O)O)n4)c3)cccc2n1)C1CC1. The molecule has 31 heavy (non-hydrogen) atoms. The third kappa shape index (κ3) is 4.01. The molecule has 8 nitrogen and oxygen atoms in total. The average molecular weight is 434 g/mol. The number of rotatable bonds is 5. The van der Waals surface area contributed by atoms with E-state index in [9.17, 15) is 19.1 Å². The molecule has 3 N–H and O–H groups in total. The second kappa shape index (κ2) is 7.42. The maximum Gasteiger partial charge on any atom is 0.374 e. The Balaban J connectivity index is 1.53. The fourth-order valence-corrected chi connectivity index (χ4v) is 3.98. The number of carbonyl (C=O) groups excluding carboxylic acids is 1. The van der Waals surface area contributed by atoms with Crippen LogP contribution >= 0.6 is 7.60 Å². The first-order valence-electron chi connectivity index (χ1n) is 9.81. The number of hydrogen-bond acceptors (Lipinski definition) is 4. The number of hydrogen-bond donors (Lipinski definition) is 3. The van der Waals surface area contributed by atoms with Crippen molar-refractivity contribution in [3.8, 4) is 22.5 Å². The molecule has 4 aromatic rings. The zero-order valence-corrected chi connectivity index (χ0v) is 17.2. The maximum atomic E-state index is 12.1. The number of pyridine rings is 2. The molecule has 0 saturated heterocycles. The number of fused-ring (bicyclic) bond motifs is 1. The molecule has 0 unspecified atom stereocenters. The molecule has 1 aliphatic rings. The van der Waals surface area contributed by atoms with Gasteiger partial charge in [-0.1, -0.05) is 30.3 Å². The van der Waals surface area contributed by atoms with E-state index in [4.69, 9.17) is 0 Å². The first-order chi connectivity index (χ1) is 14.9. The van der Waals surface area contributed by atoms with Crippen molar-refractivity contribution in [2.75, 3.05) is 5.32 Å². The molecule has 5 rings (SSSR count). The molecular formula is C22H19N4O4P. The van der Waals surface area contributed by atoms with E-state index in [0.717, 1.165) is 29.7 Å². The Hall–Kier alpha value is -3.32. The standard InChI is InChI=1S/C22H19N4O4P/c27-22(14-10-11-14)25-19-13-26-18(7-3-8-20(26)24-19)16-5-1-4-15(12-16)17-6-2-9-21(23-17)31(28,29)30/h1-9,12-14H,10-11H2,(H,25,27)(H2,28,29,30). The van der Waals surface area contributed by atoms with Gasteiger partial charge in [0.15, 0.2) is 11.3 Å². The lowest BCUT2D eigenvalue weighted by Gasteiger charge is -2.09. The number of carbonyl (C=O) groups is 1. The van der Waals surface area contributed by atoms with Crippen molar-refractivity contribution in [1.29, 1.82) is 0 Å². The van der Waals surface area contributed by atoms with E-state index < -0.39 is 7.60 Å². The number of benzene rings is 1. The minimum Gasteiger partial charge on any atom is -0.320 e. The number of nitrogens with zero attached hydrogens (tertiary/aromatic N) is 3. The van der Waals surface area contributed by atoms with Gasteiger partial charge in [-0.25, -0.2) is 9.97 Å². The minimum absolute atomic E-state index is 0.00275. The third-order valence-corrected chi connectivity index (χ3v) is 6.02. The van der Waals surface area contributed by atoms with E-state index in [-0.39, 0.29) is 17.3 Å². The molecule has 3 aromatic heterocycles.